The Bertz CT molecular complexity index is 502. The van der Waals surface area contributed by atoms with E-state index >= 15 is 0 Å². The van der Waals surface area contributed by atoms with Gasteiger partial charge in [0.15, 0.2) is 0 Å². The second kappa shape index (κ2) is 6.27. The zero-order valence-electron chi connectivity index (χ0n) is 9.99. The number of nitrogens with zero attached hydrogens (tertiary/aromatic N) is 1. The number of aromatic nitrogens is 1. The van der Waals surface area contributed by atoms with E-state index in [1.54, 1.807) is 23.6 Å². The molecule has 1 unspecified atom stereocenters. The van der Waals surface area contributed by atoms with Gasteiger partial charge in [0, 0.05) is 24.0 Å². The summed E-state index contributed by atoms with van der Waals surface area (Å²) in [6.45, 7) is 2.85. The van der Waals surface area contributed by atoms with Crippen LogP contribution in [0.5, 0.6) is 0 Å². The van der Waals surface area contributed by atoms with E-state index in [1.165, 1.54) is 6.07 Å². The summed E-state index contributed by atoms with van der Waals surface area (Å²) in [5, 5.41) is 6.48. The van der Waals surface area contributed by atoms with Crippen molar-refractivity contribution >= 4 is 22.9 Å². The normalized spacial score (nSPS) is 12.6. The first kappa shape index (κ1) is 13.5. The van der Waals surface area contributed by atoms with Crippen LogP contribution < -0.4 is 5.32 Å². The highest BCUT2D eigenvalue weighted by atomic mass is 35.5. The molecule has 0 aliphatic heterocycles. The SMILES string of the molecule is CCNC(Cc1nccs1)c1ccc(Cl)c(F)c1. The molecule has 1 N–H and O–H groups in total. The molecule has 1 aromatic heterocycles. The number of likely N-dealkylation sites (N-methyl/N-ethyl adjacent to an activating group) is 1. The van der Waals surface area contributed by atoms with E-state index in [1.807, 2.05) is 18.4 Å². The van der Waals surface area contributed by atoms with Crippen molar-refractivity contribution in [3.8, 4) is 0 Å². The lowest BCUT2D eigenvalue weighted by Crippen LogP contribution is -2.23. The third-order valence-corrected chi connectivity index (χ3v) is 3.77. The fourth-order valence-electron chi connectivity index (χ4n) is 1.81. The summed E-state index contributed by atoms with van der Waals surface area (Å²) < 4.78 is 13.5. The van der Waals surface area contributed by atoms with Crippen molar-refractivity contribution in [2.24, 2.45) is 0 Å². The zero-order chi connectivity index (χ0) is 13.0. The first-order valence-electron chi connectivity index (χ1n) is 5.77. The van der Waals surface area contributed by atoms with Gasteiger partial charge < -0.3 is 5.32 Å². The molecular weight excluding hydrogens is 271 g/mol. The Hall–Kier alpha value is -0.970. The van der Waals surface area contributed by atoms with Crippen molar-refractivity contribution in [3.63, 3.8) is 0 Å². The van der Waals surface area contributed by atoms with E-state index in [9.17, 15) is 4.39 Å². The maximum Gasteiger partial charge on any atom is 0.142 e. The molecule has 2 aromatic rings. The summed E-state index contributed by atoms with van der Waals surface area (Å²) in [5.41, 5.74) is 0.897. The van der Waals surface area contributed by atoms with Crippen LogP contribution in [-0.2, 0) is 6.42 Å². The first-order valence-corrected chi connectivity index (χ1v) is 7.03. The number of hydrogen-bond donors (Lipinski definition) is 1. The molecule has 0 saturated carbocycles. The Morgan fingerprint density at radius 1 is 1.50 bits per heavy atom. The Labute approximate surface area is 115 Å². The summed E-state index contributed by atoms with van der Waals surface area (Å²) in [6.07, 6.45) is 2.54. The summed E-state index contributed by atoms with van der Waals surface area (Å²) in [6, 6.07) is 5.00. The van der Waals surface area contributed by atoms with Crippen LogP contribution in [0.3, 0.4) is 0 Å². The molecule has 0 radical (unpaired) electrons. The Morgan fingerprint density at radius 2 is 2.33 bits per heavy atom. The van der Waals surface area contributed by atoms with Gasteiger partial charge in [-0.2, -0.15) is 0 Å². The van der Waals surface area contributed by atoms with Gasteiger partial charge in [0.05, 0.1) is 10.0 Å². The summed E-state index contributed by atoms with van der Waals surface area (Å²) in [4.78, 5) is 4.26. The highest BCUT2D eigenvalue weighted by Crippen LogP contribution is 2.23. The van der Waals surface area contributed by atoms with Crippen LogP contribution in [0.25, 0.3) is 0 Å². The average Bonchev–Trinajstić information content (AvgIpc) is 2.85. The average molecular weight is 285 g/mol. The number of halogens is 2. The monoisotopic (exact) mass is 284 g/mol. The molecule has 0 amide bonds. The fraction of sp³-hybridized carbons (Fsp3) is 0.308. The van der Waals surface area contributed by atoms with Crippen LogP contribution in [0, 0.1) is 5.82 Å². The van der Waals surface area contributed by atoms with Gasteiger partial charge in [0.1, 0.15) is 5.82 Å². The number of rotatable bonds is 5. The number of thiazole rings is 1. The topological polar surface area (TPSA) is 24.9 Å². The number of benzene rings is 1. The van der Waals surface area contributed by atoms with Gasteiger partial charge in [0.2, 0.25) is 0 Å². The second-order valence-corrected chi connectivity index (χ2v) is 5.30. The maximum atomic E-state index is 13.5. The van der Waals surface area contributed by atoms with E-state index in [-0.39, 0.29) is 16.9 Å². The smallest absolute Gasteiger partial charge is 0.142 e. The van der Waals surface area contributed by atoms with Gasteiger partial charge in [-0.3, -0.25) is 0 Å². The van der Waals surface area contributed by atoms with E-state index in [0.29, 0.717) is 0 Å². The van der Waals surface area contributed by atoms with Crippen LogP contribution in [0.1, 0.15) is 23.5 Å². The van der Waals surface area contributed by atoms with Gasteiger partial charge in [0.25, 0.3) is 0 Å². The fourth-order valence-corrected chi connectivity index (χ4v) is 2.59. The Morgan fingerprint density at radius 3 is 2.94 bits per heavy atom. The van der Waals surface area contributed by atoms with Crippen molar-refractivity contribution in [2.45, 2.75) is 19.4 Å². The molecule has 2 rings (SSSR count). The van der Waals surface area contributed by atoms with Gasteiger partial charge in [-0.25, -0.2) is 9.37 Å². The molecule has 0 fully saturated rings. The molecule has 0 saturated heterocycles. The lowest BCUT2D eigenvalue weighted by Gasteiger charge is -2.17. The van der Waals surface area contributed by atoms with Crippen LogP contribution in [-0.4, -0.2) is 11.5 Å². The standard InChI is InChI=1S/C13H14ClFN2S/c1-2-16-12(8-13-17-5-6-18-13)9-3-4-10(14)11(15)7-9/h3-7,12,16H,2,8H2,1H3. The number of nitrogens with one attached hydrogen (secondary N) is 1. The third-order valence-electron chi connectivity index (χ3n) is 2.66. The van der Waals surface area contributed by atoms with Gasteiger partial charge in [-0.1, -0.05) is 24.6 Å². The Kier molecular flexibility index (Phi) is 4.69. The minimum atomic E-state index is -0.379. The highest BCUT2D eigenvalue weighted by Gasteiger charge is 2.14. The van der Waals surface area contributed by atoms with E-state index in [4.69, 9.17) is 11.6 Å². The summed E-state index contributed by atoms with van der Waals surface area (Å²) in [5.74, 6) is -0.379. The quantitative estimate of drug-likeness (QED) is 0.903. The largest absolute Gasteiger partial charge is 0.310 e. The highest BCUT2D eigenvalue weighted by molar-refractivity contribution is 7.09. The Balaban J connectivity index is 2.20. The molecule has 0 bridgehead atoms. The third kappa shape index (κ3) is 3.28. The van der Waals surface area contributed by atoms with Crippen LogP contribution in [0.2, 0.25) is 5.02 Å². The van der Waals surface area contributed by atoms with Crippen LogP contribution in [0.4, 0.5) is 4.39 Å². The van der Waals surface area contributed by atoms with Crippen molar-refractivity contribution < 1.29 is 4.39 Å². The summed E-state index contributed by atoms with van der Waals surface area (Å²) >= 11 is 7.31. The molecular formula is C13H14ClFN2S. The lowest BCUT2D eigenvalue weighted by atomic mass is 10.0. The molecule has 1 aromatic carbocycles. The molecule has 1 atom stereocenters. The van der Waals surface area contributed by atoms with Crippen LogP contribution >= 0.6 is 22.9 Å². The molecule has 96 valence electrons. The van der Waals surface area contributed by atoms with Crippen molar-refractivity contribution in [2.75, 3.05) is 6.54 Å². The minimum absolute atomic E-state index is 0.0629. The minimum Gasteiger partial charge on any atom is -0.310 e. The van der Waals surface area contributed by atoms with Gasteiger partial charge in [-0.15, -0.1) is 11.3 Å². The number of hydrogen-bond acceptors (Lipinski definition) is 3. The summed E-state index contributed by atoms with van der Waals surface area (Å²) in [7, 11) is 0. The van der Waals surface area contributed by atoms with E-state index in [2.05, 4.69) is 10.3 Å². The molecule has 1 heterocycles. The van der Waals surface area contributed by atoms with Gasteiger partial charge in [-0.05, 0) is 24.2 Å². The first-order chi connectivity index (χ1) is 8.70. The van der Waals surface area contributed by atoms with Gasteiger partial charge >= 0.3 is 0 Å². The van der Waals surface area contributed by atoms with Crippen molar-refractivity contribution in [1.29, 1.82) is 0 Å². The zero-order valence-corrected chi connectivity index (χ0v) is 11.6. The van der Waals surface area contributed by atoms with E-state index < -0.39 is 0 Å². The van der Waals surface area contributed by atoms with Crippen LogP contribution in [0.15, 0.2) is 29.8 Å². The molecule has 5 heteroatoms. The molecule has 2 nitrogen and oxygen atoms in total. The predicted molar refractivity (Wildman–Crippen MR) is 73.6 cm³/mol. The molecule has 0 aliphatic carbocycles. The molecule has 0 aliphatic rings. The lowest BCUT2D eigenvalue weighted by molar-refractivity contribution is 0.542. The van der Waals surface area contributed by atoms with E-state index in [0.717, 1.165) is 23.5 Å². The van der Waals surface area contributed by atoms with Crippen molar-refractivity contribution in [3.05, 3.63) is 51.2 Å². The second-order valence-electron chi connectivity index (χ2n) is 3.91. The predicted octanol–water partition coefficient (Wildman–Crippen LogP) is 3.83. The molecule has 18 heavy (non-hydrogen) atoms. The maximum absolute atomic E-state index is 13.5. The molecule has 0 spiro atoms. The van der Waals surface area contributed by atoms with Crippen molar-refractivity contribution in [1.82, 2.24) is 10.3 Å².